The predicted molar refractivity (Wildman–Crippen MR) is 362 cm³/mol. The van der Waals surface area contributed by atoms with E-state index in [-0.39, 0.29) is 31.1 Å². The van der Waals surface area contributed by atoms with E-state index in [1.165, 1.54) is 148 Å². The number of esters is 3. The second kappa shape index (κ2) is 70.3. The first-order chi connectivity index (χ1) is 41.0. The molecule has 0 aliphatic rings. The average molecular weight is 1150 g/mol. The van der Waals surface area contributed by atoms with Crippen molar-refractivity contribution in [2.75, 3.05) is 13.2 Å². The van der Waals surface area contributed by atoms with E-state index in [9.17, 15) is 14.4 Å². The van der Waals surface area contributed by atoms with Gasteiger partial charge in [0.05, 0.1) is 0 Å². The summed E-state index contributed by atoms with van der Waals surface area (Å²) in [7, 11) is 0. The third-order valence-corrected chi connectivity index (χ3v) is 14.9. The number of hydrogen-bond donors (Lipinski definition) is 0. The number of ether oxygens (including phenoxy) is 3. The van der Waals surface area contributed by atoms with Gasteiger partial charge in [0, 0.05) is 19.3 Å². The van der Waals surface area contributed by atoms with Gasteiger partial charge in [0.25, 0.3) is 0 Å². The quantitative estimate of drug-likeness (QED) is 0.0261. The molecule has 0 aliphatic carbocycles. The summed E-state index contributed by atoms with van der Waals surface area (Å²) in [5, 5.41) is 0. The second-order valence-corrected chi connectivity index (χ2v) is 23.0. The van der Waals surface area contributed by atoms with Gasteiger partial charge in [-0.3, -0.25) is 14.4 Å². The molecule has 0 fully saturated rings. The lowest BCUT2D eigenvalue weighted by Crippen LogP contribution is -2.30. The minimum absolute atomic E-state index is 0.0964. The highest BCUT2D eigenvalue weighted by Gasteiger charge is 2.19. The molecule has 6 heteroatoms. The van der Waals surface area contributed by atoms with Crippen LogP contribution in [0, 0.1) is 0 Å². The van der Waals surface area contributed by atoms with Crippen molar-refractivity contribution in [3.05, 3.63) is 122 Å². The molecule has 0 aromatic carbocycles. The van der Waals surface area contributed by atoms with E-state index in [1.807, 2.05) is 0 Å². The minimum atomic E-state index is -0.805. The van der Waals surface area contributed by atoms with Crippen molar-refractivity contribution < 1.29 is 28.6 Å². The van der Waals surface area contributed by atoms with Gasteiger partial charge in [0.1, 0.15) is 13.2 Å². The van der Waals surface area contributed by atoms with Gasteiger partial charge < -0.3 is 14.2 Å². The highest BCUT2D eigenvalue weighted by Crippen LogP contribution is 2.17. The fraction of sp³-hybridized carbons (Fsp3) is 0.701. The van der Waals surface area contributed by atoms with Crippen LogP contribution in [0.2, 0.25) is 0 Å². The molecule has 0 spiro atoms. The fourth-order valence-corrected chi connectivity index (χ4v) is 9.75. The predicted octanol–water partition coefficient (Wildman–Crippen LogP) is 24.3. The topological polar surface area (TPSA) is 78.9 Å². The Bertz CT molecular complexity index is 1700. The highest BCUT2D eigenvalue weighted by atomic mass is 16.6. The fourth-order valence-electron chi connectivity index (χ4n) is 9.75. The smallest absolute Gasteiger partial charge is 0.306 e. The Morgan fingerprint density at radius 2 is 0.470 bits per heavy atom. The number of hydrogen-bond acceptors (Lipinski definition) is 6. The van der Waals surface area contributed by atoms with Gasteiger partial charge in [-0.05, 0) is 128 Å². The van der Waals surface area contributed by atoms with Crippen molar-refractivity contribution in [3.63, 3.8) is 0 Å². The molecule has 0 aromatic heterocycles. The Kier molecular flexibility index (Phi) is 66.7. The summed E-state index contributed by atoms with van der Waals surface area (Å²) >= 11 is 0. The molecule has 0 amide bonds. The Hall–Kier alpha value is -4.19. The van der Waals surface area contributed by atoms with Crippen LogP contribution >= 0.6 is 0 Å². The third-order valence-electron chi connectivity index (χ3n) is 14.9. The molecule has 0 N–H and O–H groups in total. The number of rotatable bonds is 63. The maximum absolute atomic E-state index is 12.9. The van der Waals surface area contributed by atoms with Crippen LogP contribution in [-0.2, 0) is 28.6 Å². The van der Waals surface area contributed by atoms with E-state index in [2.05, 4.69) is 142 Å². The summed E-state index contributed by atoms with van der Waals surface area (Å²) in [6.07, 6.45) is 98.0. The van der Waals surface area contributed by atoms with Crippen molar-refractivity contribution in [3.8, 4) is 0 Å². The molecule has 0 heterocycles. The normalized spacial score (nSPS) is 12.9. The number of allylic oxidation sites excluding steroid dienone is 20. The number of unbranched alkanes of at least 4 members (excludes halogenated alkanes) is 32. The molecule has 6 nitrogen and oxygen atoms in total. The Balaban J connectivity index is 4.29. The van der Waals surface area contributed by atoms with Crippen molar-refractivity contribution in [1.29, 1.82) is 0 Å². The lowest BCUT2D eigenvalue weighted by Gasteiger charge is -2.18. The maximum Gasteiger partial charge on any atom is 0.306 e. The molecular weight excluding hydrogens is 1020 g/mol. The van der Waals surface area contributed by atoms with Gasteiger partial charge in [-0.1, -0.05) is 303 Å². The molecular formula is C77H130O6. The molecule has 0 rings (SSSR count). The molecule has 474 valence electrons. The monoisotopic (exact) mass is 1150 g/mol. The van der Waals surface area contributed by atoms with Crippen LogP contribution < -0.4 is 0 Å². The van der Waals surface area contributed by atoms with Gasteiger partial charge >= 0.3 is 17.9 Å². The van der Waals surface area contributed by atoms with Gasteiger partial charge in [-0.15, -0.1) is 0 Å². The largest absolute Gasteiger partial charge is 0.462 e. The van der Waals surface area contributed by atoms with Gasteiger partial charge in [-0.25, -0.2) is 0 Å². The van der Waals surface area contributed by atoms with Crippen molar-refractivity contribution in [1.82, 2.24) is 0 Å². The molecule has 0 saturated heterocycles. The zero-order chi connectivity index (χ0) is 59.9. The Morgan fingerprint density at radius 1 is 0.253 bits per heavy atom. The highest BCUT2D eigenvalue weighted by molar-refractivity contribution is 5.71. The lowest BCUT2D eigenvalue weighted by atomic mass is 10.0. The van der Waals surface area contributed by atoms with E-state index in [0.717, 1.165) is 141 Å². The molecule has 0 saturated carbocycles. The summed E-state index contributed by atoms with van der Waals surface area (Å²) in [6, 6.07) is 0. The lowest BCUT2D eigenvalue weighted by molar-refractivity contribution is -0.167. The van der Waals surface area contributed by atoms with Gasteiger partial charge in [0.2, 0.25) is 0 Å². The molecule has 1 atom stereocenters. The van der Waals surface area contributed by atoms with E-state index in [4.69, 9.17) is 14.2 Å². The standard InChI is InChI=1S/C77H130O6/c1-4-7-10-13-16-19-22-25-28-31-32-33-34-35-36-37-38-39-40-41-42-43-44-47-49-52-55-58-61-64-67-70-76(79)82-73-74(83-77(80)71-68-65-62-59-56-53-50-46-30-27-24-21-18-15-12-9-6-3)72-81-75(78)69-66-63-60-57-54-51-48-45-29-26-23-20-17-14-11-8-5-2/h8-9,11-12,17-18,20-22,25-27,29-32,48,50-51,53,74H,4-7,10,13-16,19,23-24,28,33-47,49,52,54-73H2,1-3H3/b11-8-,12-9-,20-17-,21-18-,25-22-,29-26-,30-27-,32-31-,51-48-,53-50-. The molecule has 0 aromatic rings. The van der Waals surface area contributed by atoms with Crippen LogP contribution in [0.5, 0.6) is 0 Å². The van der Waals surface area contributed by atoms with E-state index in [0.29, 0.717) is 19.3 Å². The van der Waals surface area contributed by atoms with E-state index in [1.54, 1.807) is 0 Å². The molecule has 1 unspecified atom stereocenters. The number of carbonyl (C=O) groups is 3. The summed E-state index contributed by atoms with van der Waals surface area (Å²) in [6.45, 7) is 6.39. The number of carbonyl (C=O) groups excluding carboxylic acids is 3. The van der Waals surface area contributed by atoms with Crippen LogP contribution in [0.25, 0.3) is 0 Å². The zero-order valence-corrected chi connectivity index (χ0v) is 54.4. The van der Waals surface area contributed by atoms with E-state index < -0.39 is 6.10 Å². The molecule has 0 radical (unpaired) electrons. The molecule has 0 bridgehead atoms. The Labute approximate surface area is 513 Å². The third kappa shape index (κ3) is 68.5. The van der Waals surface area contributed by atoms with Gasteiger partial charge in [0.15, 0.2) is 6.10 Å². The maximum atomic E-state index is 12.9. The van der Waals surface area contributed by atoms with Crippen LogP contribution in [-0.4, -0.2) is 37.2 Å². The van der Waals surface area contributed by atoms with Crippen molar-refractivity contribution >= 4 is 17.9 Å². The second-order valence-electron chi connectivity index (χ2n) is 23.0. The summed E-state index contributed by atoms with van der Waals surface area (Å²) in [4.78, 5) is 38.4. The first-order valence-corrected chi connectivity index (χ1v) is 35.0. The van der Waals surface area contributed by atoms with Gasteiger partial charge in [-0.2, -0.15) is 0 Å². The molecule has 83 heavy (non-hydrogen) atoms. The molecule has 0 aliphatic heterocycles. The van der Waals surface area contributed by atoms with Crippen LogP contribution in [0.3, 0.4) is 0 Å². The minimum Gasteiger partial charge on any atom is -0.462 e. The SMILES string of the molecule is CC/C=C\C/C=C\C/C=C\C/C=C\CCCCCCC(=O)OCC(COC(=O)CCCCCCCCCCCCCCCCCCCCC/C=C\C/C=C\CCCCCCC)OC(=O)CCCCCC/C=C\C/C=C\C/C=C\C/C=C\CC. The summed E-state index contributed by atoms with van der Waals surface area (Å²) < 4.78 is 16.9. The van der Waals surface area contributed by atoms with Crippen molar-refractivity contribution in [2.24, 2.45) is 0 Å². The average Bonchev–Trinajstić information content (AvgIpc) is 3.50. The zero-order valence-electron chi connectivity index (χ0n) is 54.4. The van der Waals surface area contributed by atoms with Crippen LogP contribution in [0.15, 0.2) is 122 Å². The van der Waals surface area contributed by atoms with E-state index >= 15 is 0 Å². The van der Waals surface area contributed by atoms with Crippen LogP contribution in [0.1, 0.15) is 329 Å². The first kappa shape index (κ1) is 78.8. The summed E-state index contributed by atoms with van der Waals surface area (Å²) in [5.41, 5.74) is 0. The first-order valence-electron chi connectivity index (χ1n) is 35.0. The van der Waals surface area contributed by atoms with Crippen LogP contribution in [0.4, 0.5) is 0 Å². The summed E-state index contributed by atoms with van der Waals surface area (Å²) in [5.74, 6) is -0.936. The van der Waals surface area contributed by atoms with Crippen molar-refractivity contribution in [2.45, 2.75) is 335 Å². The Morgan fingerprint density at radius 3 is 0.735 bits per heavy atom.